The lowest BCUT2D eigenvalue weighted by atomic mass is 10.2. The third-order valence-electron chi connectivity index (χ3n) is 1.98. The predicted molar refractivity (Wildman–Crippen MR) is 62.4 cm³/mol. The summed E-state index contributed by atoms with van der Waals surface area (Å²) in [7, 11) is 1.61. The van der Waals surface area contributed by atoms with Gasteiger partial charge < -0.3 is 15.8 Å². The van der Waals surface area contributed by atoms with Gasteiger partial charge in [0.15, 0.2) is 0 Å². The lowest BCUT2D eigenvalue weighted by Gasteiger charge is -2.15. The van der Waals surface area contributed by atoms with E-state index in [1.807, 2.05) is 0 Å². The van der Waals surface area contributed by atoms with Crippen molar-refractivity contribution in [3.8, 4) is 0 Å². The number of hydrogen-bond acceptors (Lipinski definition) is 6. The van der Waals surface area contributed by atoms with E-state index in [-0.39, 0.29) is 17.0 Å². The third-order valence-corrected chi connectivity index (χ3v) is 2.73. The number of nitrogens with one attached hydrogen (secondary N) is 1. The van der Waals surface area contributed by atoms with E-state index in [2.05, 4.69) is 22.4 Å². The van der Waals surface area contributed by atoms with Crippen molar-refractivity contribution in [2.24, 2.45) is 0 Å². The third kappa shape index (κ3) is 3.74. The van der Waals surface area contributed by atoms with Gasteiger partial charge in [-0.2, -0.15) is 0 Å². The monoisotopic (exact) mass is 244 g/mol. The van der Waals surface area contributed by atoms with Gasteiger partial charge in [0.25, 0.3) is 5.91 Å². The predicted octanol–water partition coefficient (Wildman–Crippen LogP) is 0.665. The normalized spacial score (nSPS) is 12.4. The van der Waals surface area contributed by atoms with Gasteiger partial charge >= 0.3 is 0 Å². The molecule has 0 aliphatic carbocycles. The highest BCUT2D eigenvalue weighted by Gasteiger charge is 2.16. The molecule has 0 aliphatic heterocycles. The average Bonchev–Trinajstić information content (AvgIpc) is 2.65. The summed E-state index contributed by atoms with van der Waals surface area (Å²) in [5.41, 5.74) is 5.40. The van der Waals surface area contributed by atoms with Crippen molar-refractivity contribution in [1.29, 1.82) is 0 Å². The first-order valence-electron chi connectivity index (χ1n) is 5.06. The number of amides is 1. The van der Waals surface area contributed by atoms with Gasteiger partial charge in [0.2, 0.25) is 10.1 Å². The van der Waals surface area contributed by atoms with Crippen molar-refractivity contribution in [2.75, 3.05) is 19.5 Å². The van der Waals surface area contributed by atoms with Gasteiger partial charge in [0, 0.05) is 7.11 Å². The smallest absolute Gasteiger partial charge is 0.282 e. The number of anilines is 1. The van der Waals surface area contributed by atoms with E-state index < -0.39 is 0 Å². The van der Waals surface area contributed by atoms with Gasteiger partial charge in [0.05, 0.1) is 12.6 Å². The Morgan fingerprint density at radius 1 is 1.62 bits per heavy atom. The molecular formula is C9H16N4O2S. The van der Waals surface area contributed by atoms with Gasteiger partial charge in [-0.3, -0.25) is 4.79 Å². The van der Waals surface area contributed by atoms with E-state index >= 15 is 0 Å². The first kappa shape index (κ1) is 12.9. The number of rotatable bonds is 6. The number of ether oxygens (including phenoxy) is 1. The zero-order valence-corrected chi connectivity index (χ0v) is 10.2. The van der Waals surface area contributed by atoms with Crippen LogP contribution in [0.25, 0.3) is 0 Å². The van der Waals surface area contributed by atoms with E-state index in [4.69, 9.17) is 10.5 Å². The summed E-state index contributed by atoms with van der Waals surface area (Å²) in [5.74, 6) is -0.246. The first-order chi connectivity index (χ1) is 7.67. The minimum Gasteiger partial charge on any atom is -0.383 e. The molecule has 16 heavy (non-hydrogen) atoms. The van der Waals surface area contributed by atoms with Crippen LogP contribution in [0, 0.1) is 0 Å². The van der Waals surface area contributed by atoms with Gasteiger partial charge in [-0.05, 0) is 6.42 Å². The fourth-order valence-electron chi connectivity index (χ4n) is 1.32. The molecule has 0 spiro atoms. The molecule has 1 unspecified atom stereocenters. The van der Waals surface area contributed by atoms with E-state index in [9.17, 15) is 4.79 Å². The van der Waals surface area contributed by atoms with E-state index in [1.165, 1.54) is 0 Å². The van der Waals surface area contributed by atoms with Crippen molar-refractivity contribution >= 4 is 22.4 Å². The lowest BCUT2D eigenvalue weighted by molar-refractivity contribution is 0.0890. The molecule has 0 fully saturated rings. The fraction of sp³-hybridized carbons (Fsp3) is 0.667. The molecule has 1 atom stereocenters. The second-order valence-corrected chi connectivity index (χ2v) is 4.37. The molecule has 0 bridgehead atoms. The number of nitrogens with two attached hydrogens (primary N) is 1. The van der Waals surface area contributed by atoms with Gasteiger partial charge in [-0.25, -0.2) is 0 Å². The number of carbonyl (C=O) groups is 1. The minimum atomic E-state index is -0.246. The molecule has 0 aliphatic rings. The van der Waals surface area contributed by atoms with Crippen LogP contribution >= 0.6 is 11.3 Å². The maximum Gasteiger partial charge on any atom is 0.282 e. The molecule has 0 radical (unpaired) electrons. The van der Waals surface area contributed by atoms with Crippen molar-refractivity contribution in [3.63, 3.8) is 0 Å². The van der Waals surface area contributed by atoms with Crippen molar-refractivity contribution in [1.82, 2.24) is 15.5 Å². The van der Waals surface area contributed by atoms with Crippen LogP contribution in [0.5, 0.6) is 0 Å². The quantitative estimate of drug-likeness (QED) is 0.767. The van der Waals surface area contributed by atoms with Gasteiger partial charge in [-0.1, -0.05) is 24.7 Å². The van der Waals surface area contributed by atoms with Crippen LogP contribution in [-0.4, -0.2) is 35.9 Å². The summed E-state index contributed by atoms with van der Waals surface area (Å²) >= 11 is 1.08. The molecule has 7 heteroatoms. The van der Waals surface area contributed by atoms with Crippen LogP contribution in [-0.2, 0) is 4.74 Å². The minimum absolute atomic E-state index is 0.00706. The summed E-state index contributed by atoms with van der Waals surface area (Å²) in [6, 6.07) is 0.00706. The highest BCUT2D eigenvalue weighted by atomic mass is 32.1. The average molecular weight is 244 g/mol. The Morgan fingerprint density at radius 3 is 2.88 bits per heavy atom. The number of aromatic nitrogens is 2. The summed E-state index contributed by atoms with van der Waals surface area (Å²) < 4.78 is 5.03. The molecular weight excluding hydrogens is 228 g/mol. The van der Waals surface area contributed by atoms with Gasteiger partial charge in [-0.15, -0.1) is 10.2 Å². The molecule has 1 aromatic rings. The molecule has 90 valence electrons. The Hall–Kier alpha value is -1.21. The Labute approximate surface area is 98.2 Å². The van der Waals surface area contributed by atoms with Crippen LogP contribution in [0.2, 0.25) is 0 Å². The number of nitrogens with zero attached hydrogens (tertiary/aromatic N) is 2. The topological polar surface area (TPSA) is 90.1 Å². The van der Waals surface area contributed by atoms with E-state index in [0.717, 1.165) is 24.2 Å². The van der Waals surface area contributed by atoms with Crippen molar-refractivity contribution < 1.29 is 9.53 Å². The van der Waals surface area contributed by atoms with Crippen molar-refractivity contribution in [3.05, 3.63) is 5.01 Å². The molecule has 3 N–H and O–H groups in total. The number of hydrogen-bond donors (Lipinski definition) is 2. The summed E-state index contributed by atoms with van der Waals surface area (Å²) in [5, 5.41) is 10.7. The Balaban J connectivity index is 2.54. The van der Waals surface area contributed by atoms with Crippen LogP contribution in [0.4, 0.5) is 5.13 Å². The van der Waals surface area contributed by atoms with Crippen LogP contribution < -0.4 is 11.1 Å². The summed E-state index contributed by atoms with van der Waals surface area (Å²) in [6.45, 7) is 2.55. The number of carbonyl (C=O) groups excluding carboxylic acids is 1. The Bertz CT molecular complexity index is 336. The largest absolute Gasteiger partial charge is 0.383 e. The SMILES string of the molecule is CCCC(COC)NC(=O)c1nnc(N)s1. The molecule has 1 amide bonds. The van der Waals surface area contributed by atoms with Crippen LogP contribution in [0.1, 0.15) is 29.6 Å². The lowest BCUT2D eigenvalue weighted by Crippen LogP contribution is -2.37. The number of methoxy groups -OCH3 is 1. The zero-order chi connectivity index (χ0) is 12.0. The Morgan fingerprint density at radius 2 is 2.38 bits per heavy atom. The second kappa shape index (κ2) is 6.39. The standard InChI is InChI=1S/C9H16N4O2S/c1-3-4-6(5-15-2)11-7(14)8-12-13-9(10)16-8/h6H,3-5H2,1-2H3,(H2,10,13)(H,11,14). The highest BCUT2D eigenvalue weighted by Crippen LogP contribution is 2.11. The molecule has 1 rings (SSSR count). The molecule has 0 saturated carbocycles. The van der Waals surface area contributed by atoms with E-state index in [1.54, 1.807) is 7.11 Å². The molecule has 0 aromatic carbocycles. The molecule has 1 heterocycles. The fourth-order valence-corrected chi connectivity index (χ4v) is 1.83. The zero-order valence-electron chi connectivity index (χ0n) is 9.40. The Kier molecular flexibility index (Phi) is 5.13. The van der Waals surface area contributed by atoms with Crippen LogP contribution in [0.15, 0.2) is 0 Å². The molecule has 6 nitrogen and oxygen atoms in total. The van der Waals surface area contributed by atoms with E-state index in [0.29, 0.717) is 11.7 Å². The second-order valence-electron chi connectivity index (χ2n) is 3.36. The maximum absolute atomic E-state index is 11.7. The molecule has 0 saturated heterocycles. The number of nitrogen functional groups attached to an aromatic ring is 1. The highest BCUT2D eigenvalue weighted by molar-refractivity contribution is 7.16. The summed E-state index contributed by atoms with van der Waals surface area (Å²) in [6.07, 6.45) is 1.85. The van der Waals surface area contributed by atoms with Gasteiger partial charge in [0.1, 0.15) is 0 Å². The van der Waals surface area contributed by atoms with Crippen LogP contribution in [0.3, 0.4) is 0 Å². The van der Waals surface area contributed by atoms with Crippen molar-refractivity contribution in [2.45, 2.75) is 25.8 Å². The summed E-state index contributed by atoms with van der Waals surface area (Å²) in [4.78, 5) is 11.7. The molecule has 1 aromatic heterocycles. The first-order valence-corrected chi connectivity index (χ1v) is 5.87. The maximum atomic E-state index is 11.7.